The standard InChI is InChI=1S/C18H16Cl2N4OS2/c19-11-6-5-9(7-12(11)20)22-14(25)8-26-18-23-16(21)15-10-3-1-2-4-13(10)27-17(15)24-18/h5-7H,1-4,8H2,(H,22,25)(H2,21,23,24). The lowest BCUT2D eigenvalue weighted by atomic mass is 9.97. The van der Waals surface area contributed by atoms with Crippen LogP contribution in [0, 0.1) is 0 Å². The molecule has 0 radical (unpaired) electrons. The highest BCUT2D eigenvalue weighted by molar-refractivity contribution is 7.99. The van der Waals surface area contributed by atoms with E-state index in [0.29, 0.717) is 26.7 Å². The number of thioether (sulfide) groups is 1. The number of fused-ring (bicyclic) bond motifs is 3. The zero-order valence-electron chi connectivity index (χ0n) is 14.2. The van der Waals surface area contributed by atoms with Gasteiger partial charge in [0.2, 0.25) is 5.91 Å². The topological polar surface area (TPSA) is 80.9 Å². The molecule has 0 unspecified atom stereocenters. The monoisotopic (exact) mass is 438 g/mol. The number of thiophene rings is 1. The molecule has 3 aromatic rings. The molecule has 9 heteroatoms. The van der Waals surface area contributed by atoms with Crippen molar-refractivity contribution in [2.45, 2.75) is 30.8 Å². The first-order valence-corrected chi connectivity index (χ1v) is 11.0. The number of hydrogen-bond acceptors (Lipinski definition) is 6. The molecule has 2 aromatic heterocycles. The number of rotatable bonds is 4. The zero-order chi connectivity index (χ0) is 19.0. The number of carbonyl (C=O) groups is 1. The Morgan fingerprint density at radius 2 is 2.04 bits per heavy atom. The number of benzene rings is 1. The molecular formula is C18H16Cl2N4OS2. The van der Waals surface area contributed by atoms with Gasteiger partial charge in [-0.3, -0.25) is 4.79 Å². The number of hydrogen-bond donors (Lipinski definition) is 2. The summed E-state index contributed by atoms with van der Waals surface area (Å²) in [6, 6.07) is 4.96. The van der Waals surface area contributed by atoms with Gasteiger partial charge in [-0.05, 0) is 49.4 Å². The Labute approximate surface area is 174 Å². The summed E-state index contributed by atoms with van der Waals surface area (Å²) in [6.07, 6.45) is 4.53. The van der Waals surface area contributed by atoms with Crippen LogP contribution in [0.4, 0.5) is 11.5 Å². The SMILES string of the molecule is Nc1nc(SCC(=O)Nc2ccc(Cl)c(Cl)c2)nc2sc3c(c12)CCCC3. The lowest BCUT2D eigenvalue weighted by Crippen LogP contribution is -2.14. The molecule has 0 atom stereocenters. The normalized spacial score (nSPS) is 13.6. The van der Waals surface area contributed by atoms with E-state index < -0.39 is 0 Å². The van der Waals surface area contributed by atoms with E-state index >= 15 is 0 Å². The molecule has 0 saturated heterocycles. The molecule has 0 aliphatic heterocycles. The molecule has 5 nitrogen and oxygen atoms in total. The number of nitrogens with zero attached hydrogens (tertiary/aromatic N) is 2. The lowest BCUT2D eigenvalue weighted by molar-refractivity contribution is -0.113. The van der Waals surface area contributed by atoms with E-state index in [1.54, 1.807) is 29.5 Å². The van der Waals surface area contributed by atoms with E-state index in [1.807, 2.05) is 0 Å². The Morgan fingerprint density at radius 3 is 2.85 bits per heavy atom. The fraction of sp³-hybridized carbons (Fsp3) is 0.278. The van der Waals surface area contributed by atoms with Gasteiger partial charge in [0.05, 0.1) is 21.2 Å². The summed E-state index contributed by atoms with van der Waals surface area (Å²) in [7, 11) is 0. The molecule has 1 aliphatic rings. The van der Waals surface area contributed by atoms with E-state index in [-0.39, 0.29) is 11.7 Å². The number of nitrogens with one attached hydrogen (secondary N) is 1. The van der Waals surface area contributed by atoms with Gasteiger partial charge >= 0.3 is 0 Å². The van der Waals surface area contributed by atoms with Gasteiger partial charge in [0.25, 0.3) is 0 Å². The summed E-state index contributed by atoms with van der Waals surface area (Å²) in [4.78, 5) is 23.5. The second-order valence-electron chi connectivity index (χ2n) is 6.25. The van der Waals surface area contributed by atoms with Crippen LogP contribution >= 0.6 is 46.3 Å². The number of nitrogens with two attached hydrogens (primary N) is 1. The van der Waals surface area contributed by atoms with E-state index in [4.69, 9.17) is 28.9 Å². The number of halogens is 2. The van der Waals surface area contributed by atoms with Crippen LogP contribution in [0.2, 0.25) is 10.0 Å². The van der Waals surface area contributed by atoms with Crippen LogP contribution in [0.25, 0.3) is 10.2 Å². The van der Waals surface area contributed by atoms with Crippen LogP contribution in [0.1, 0.15) is 23.3 Å². The fourth-order valence-electron chi connectivity index (χ4n) is 3.13. The first kappa shape index (κ1) is 18.8. The third-order valence-electron chi connectivity index (χ3n) is 4.36. The van der Waals surface area contributed by atoms with Crippen LogP contribution in [0.15, 0.2) is 23.4 Å². The summed E-state index contributed by atoms with van der Waals surface area (Å²) >= 11 is 14.8. The summed E-state index contributed by atoms with van der Waals surface area (Å²) in [5.74, 6) is 0.508. The van der Waals surface area contributed by atoms with Gasteiger partial charge in [-0.25, -0.2) is 9.97 Å². The number of aromatic nitrogens is 2. The van der Waals surface area contributed by atoms with Crippen molar-refractivity contribution in [3.8, 4) is 0 Å². The number of nitrogen functional groups attached to an aromatic ring is 1. The quantitative estimate of drug-likeness (QED) is 0.432. The molecule has 4 rings (SSSR count). The minimum atomic E-state index is -0.175. The molecule has 140 valence electrons. The number of carbonyl (C=O) groups excluding carboxylic acids is 1. The van der Waals surface area contributed by atoms with Crippen molar-refractivity contribution < 1.29 is 4.79 Å². The lowest BCUT2D eigenvalue weighted by Gasteiger charge is -2.10. The van der Waals surface area contributed by atoms with E-state index in [0.717, 1.165) is 23.1 Å². The minimum Gasteiger partial charge on any atom is -0.383 e. The predicted molar refractivity (Wildman–Crippen MR) is 114 cm³/mol. The maximum Gasteiger partial charge on any atom is 0.234 e. The van der Waals surface area contributed by atoms with Gasteiger partial charge in [0.15, 0.2) is 5.16 Å². The molecule has 0 spiro atoms. The van der Waals surface area contributed by atoms with E-state index in [9.17, 15) is 4.79 Å². The average Bonchev–Trinajstić information content (AvgIpc) is 3.02. The van der Waals surface area contributed by atoms with Crippen molar-refractivity contribution in [2.75, 3.05) is 16.8 Å². The van der Waals surface area contributed by atoms with Crippen molar-refractivity contribution in [3.05, 3.63) is 38.7 Å². The Balaban J connectivity index is 1.47. The highest BCUT2D eigenvalue weighted by Gasteiger charge is 2.20. The van der Waals surface area contributed by atoms with Crippen LogP contribution in [0.5, 0.6) is 0 Å². The molecule has 1 aromatic carbocycles. The summed E-state index contributed by atoms with van der Waals surface area (Å²) < 4.78 is 0. The first-order chi connectivity index (χ1) is 13.0. The Hall–Kier alpha value is -1.54. The molecule has 0 bridgehead atoms. The molecule has 2 heterocycles. The Morgan fingerprint density at radius 1 is 1.22 bits per heavy atom. The molecule has 1 amide bonds. The van der Waals surface area contributed by atoms with Crippen LogP contribution in [-0.2, 0) is 17.6 Å². The fourth-order valence-corrected chi connectivity index (χ4v) is 5.41. The molecular weight excluding hydrogens is 423 g/mol. The Kier molecular flexibility index (Phi) is 5.45. The second-order valence-corrected chi connectivity index (χ2v) is 9.09. The van der Waals surface area contributed by atoms with Gasteiger partial charge in [0.1, 0.15) is 10.6 Å². The molecule has 27 heavy (non-hydrogen) atoms. The second kappa shape index (κ2) is 7.83. The maximum absolute atomic E-state index is 12.2. The zero-order valence-corrected chi connectivity index (χ0v) is 17.4. The van der Waals surface area contributed by atoms with Crippen LogP contribution in [0.3, 0.4) is 0 Å². The van der Waals surface area contributed by atoms with Crippen molar-refractivity contribution in [3.63, 3.8) is 0 Å². The largest absolute Gasteiger partial charge is 0.383 e. The first-order valence-electron chi connectivity index (χ1n) is 8.46. The molecule has 1 aliphatic carbocycles. The van der Waals surface area contributed by atoms with Crippen molar-refractivity contribution >= 4 is 73.9 Å². The summed E-state index contributed by atoms with van der Waals surface area (Å²) in [5.41, 5.74) is 8.11. The molecule has 0 saturated carbocycles. The van der Waals surface area contributed by atoms with E-state index in [1.165, 1.54) is 35.0 Å². The van der Waals surface area contributed by atoms with Gasteiger partial charge in [-0.15, -0.1) is 11.3 Å². The summed E-state index contributed by atoms with van der Waals surface area (Å²) in [6.45, 7) is 0. The van der Waals surface area contributed by atoms with Crippen LogP contribution < -0.4 is 11.1 Å². The molecule has 0 fully saturated rings. The highest BCUT2D eigenvalue weighted by Crippen LogP contribution is 2.38. The van der Waals surface area contributed by atoms with E-state index in [2.05, 4.69) is 15.3 Å². The van der Waals surface area contributed by atoms with Gasteiger partial charge in [-0.1, -0.05) is 35.0 Å². The average molecular weight is 439 g/mol. The number of amides is 1. The van der Waals surface area contributed by atoms with Gasteiger partial charge in [0, 0.05) is 10.6 Å². The number of aryl methyl sites for hydroxylation is 2. The smallest absolute Gasteiger partial charge is 0.234 e. The van der Waals surface area contributed by atoms with Crippen molar-refractivity contribution in [1.29, 1.82) is 0 Å². The number of anilines is 2. The highest BCUT2D eigenvalue weighted by atomic mass is 35.5. The van der Waals surface area contributed by atoms with Gasteiger partial charge in [-0.2, -0.15) is 0 Å². The Bertz CT molecular complexity index is 1040. The third kappa shape index (κ3) is 4.01. The van der Waals surface area contributed by atoms with Crippen molar-refractivity contribution in [2.24, 2.45) is 0 Å². The predicted octanol–water partition coefficient (Wildman–Crippen LogP) is 5.19. The van der Waals surface area contributed by atoms with Gasteiger partial charge < -0.3 is 11.1 Å². The minimum absolute atomic E-state index is 0.175. The molecule has 3 N–H and O–H groups in total. The summed E-state index contributed by atoms with van der Waals surface area (Å²) in [5, 5.41) is 5.14. The third-order valence-corrected chi connectivity index (χ3v) is 7.13. The maximum atomic E-state index is 12.2. The van der Waals surface area contributed by atoms with Crippen molar-refractivity contribution in [1.82, 2.24) is 9.97 Å². The van der Waals surface area contributed by atoms with Crippen LogP contribution in [-0.4, -0.2) is 21.6 Å².